The van der Waals surface area contributed by atoms with E-state index in [1.54, 1.807) is 26.8 Å². The minimum atomic E-state index is -0.932. The summed E-state index contributed by atoms with van der Waals surface area (Å²) in [4.78, 5) is 12.0. The van der Waals surface area contributed by atoms with Crippen molar-refractivity contribution in [2.45, 2.75) is 39.1 Å². The van der Waals surface area contributed by atoms with Gasteiger partial charge in [-0.15, -0.1) is 0 Å². The summed E-state index contributed by atoms with van der Waals surface area (Å²) in [5.41, 5.74) is 1.04. The van der Waals surface area contributed by atoms with E-state index in [-0.39, 0.29) is 17.4 Å². The zero-order valence-corrected chi connectivity index (χ0v) is 15.4. The molecule has 0 aromatic heterocycles. The number of carbonyl (C=O) groups excluding carboxylic acids is 1. The molecule has 2 rings (SSSR count). The van der Waals surface area contributed by atoms with Gasteiger partial charge in [-0.2, -0.15) is 0 Å². The van der Waals surface area contributed by atoms with Gasteiger partial charge in [0.1, 0.15) is 5.75 Å². The predicted molar refractivity (Wildman–Crippen MR) is 89.9 cm³/mol. The summed E-state index contributed by atoms with van der Waals surface area (Å²) in [7, 11) is 4.24. The van der Waals surface area contributed by atoms with Crippen LogP contribution in [0.4, 0.5) is 0 Å². The highest BCUT2D eigenvalue weighted by molar-refractivity contribution is 5.75. The van der Waals surface area contributed by atoms with Gasteiger partial charge in [0.25, 0.3) is 0 Å². The Bertz CT molecular complexity index is 643. The third-order valence-corrected chi connectivity index (χ3v) is 4.98. The number of aliphatic hydroxyl groups is 1. The number of aromatic hydroxyl groups is 1. The van der Waals surface area contributed by atoms with Crippen molar-refractivity contribution >= 4 is 5.97 Å². The summed E-state index contributed by atoms with van der Waals surface area (Å²) in [6.45, 7) is 5.30. The first-order chi connectivity index (χ1) is 11.8. The van der Waals surface area contributed by atoms with Gasteiger partial charge in [-0.25, -0.2) is 4.79 Å². The van der Waals surface area contributed by atoms with Gasteiger partial charge in [0.2, 0.25) is 0 Å². The number of hydrogen-bond donors (Lipinski definition) is 2. The highest BCUT2D eigenvalue weighted by Gasteiger charge is 2.46. The van der Waals surface area contributed by atoms with Crippen LogP contribution in [0.3, 0.4) is 0 Å². The number of carbonyl (C=O) groups is 1. The van der Waals surface area contributed by atoms with E-state index in [2.05, 4.69) is 0 Å². The zero-order valence-electron chi connectivity index (χ0n) is 15.4. The molecule has 0 spiro atoms. The zero-order chi connectivity index (χ0) is 18.9. The smallest absolute Gasteiger partial charge is 0.335 e. The van der Waals surface area contributed by atoms with Gasteiger partial charge >= 0.3 is 5.97 Å². The molecule has 5 atom stereocenters. The number of esters is 1. The maximum absolute atomic E-state index is 12.0. The average molecular weight is 354 g/mol. The Morgan fingerprint density at radius 1 is 1.16 bits per heavy atom. The molecule has 0 radical (unpaired) electrons. The minimum absolute atomic E-state index is 0.0944. The molecule has 1 aliphatic rings. The van der Waals surface area contributed by atoms with Gasteiger partial charge in [0.05, 0.1) is 33.5 Å². The van der Waals surface area contributed by atoms with E-state index < -0.39 is 30.2 Å². The first kappa shape index (κ1) is 19.3. The van der Waals surface area contributed by atoms with Crippen LogP contribution < -0.4 is 9.47 Å². The molecule has 7 nitrogen and oxygen atoms in total. The van der Waals surface area contributed by atoms with Crippen LogP contribution in [0, 0.1) is 18.8 Å². The number of rotatable bonds is 4. The molecule has 0 bridgehead atoms. The van der Waals surface area contributed by atoms with Crippen molar-refractivity contribution in [3.63, 3.8) is 0 Å². The van der Waals surface area contributed by atoms with Crippen LogP contribution in [0.25, 0.3) is 0 Å². The van der Waals surface area contributed by atoms with Gasteiger partial charge in [-0.05, 0) is 13.0 Å². The van der Waals surface area contributed by atoms with Crippen LogP contribution in [0.15, 0.2) is 6.07 Å². The van der Waals surface area contributed by atoms with Gasteiger partial charge in [-0.3, -0.25) is 0 Å². The second kappa shape index (κ2) is 7.49. The molecular weight excluding hydrogens is 328 g/mol. The van der Waals surface area contributed by atoms with Gasteiger partial charge in [-0.1, -0.05) is 13.8 Å². The number of methoxy groups -OCH3 is 3. The van der Waals surface area contributed by atoms with E-state index in [1.807, 2.05) is 0 Å². The Kier molecular flexibility index (Phi) is 5.80. The monoisotopic (exact) mass is 354 g/mol. The highest BCUT2D eigenvalue weighted by atomic mass is 16.6. The molecule has 1 aliphatic heterocycles. The van der Waals surface area contributed by atoms with Crippen LogP contribution in [-0.2, 0) is 14.3 Å². The molecule has 1 heterocycles. The molecule has 25 heavy (non-hydrogen) atoms. The molecule has 0 unspecified atom stereocenters. The Balaban J connectivity index is 2.54. The van der Waals surface area contributed by atoms with Crippen LogP contribution in [0.5, 0.6) is 17.2 Å². The van der Waals surface area contributed by atoms with Crippen LogP contribution in [0.2, 0.25) is 0 Å². The summed E-state index contributed by atoms with van der Waals surface area (Å²) < 4.78 is 21.4. The standard InChI is InChI=1S/C18H26O7/c1-8-12(22-4)7-11(14(20)16(8)23-5)15-9(2)13(19)10(3)17(25-15)18(21)24-6/h7,9-10,13,15,17,19-20H,1-6H3/t9-,10+,13-,15-,17+/m1/s1. The Morgan fingerprint density at radius 3 is 2.32 bits per heavy atom. The van der Waals surface area contributed by atoms with E-state index in [9.17, 15) is 15.0 Å². The van der Waals surface area contributed by atoms with Gasteiger partial charge in [0, 0.05) is 23.0 Å². The lowest BCUT2D eigenvalue weighted by atomic mass is 9.80. The molecular formula is C18H26O7. The van der Waals surface area contributed by atoms with Crippen molar-refractivity contribution in [3.05, 3.63) is 17.2 Å². The van der Waals surface area contributed by atoms with E-state index >= 15 is 0 Å². The fraction of sp³-hybridized carbons (Fsp3) is 0.611. The van der Waals surface area contributed by atoms with Gasteiger partial charge < -0.3 is 29.2 Å². The normalized spacial score (nSPS) is 29.2. The summed E-state index contributed by atoms with van der Waals surface area (Å²) >= 11 is 0. The lowest BCUT2D eigenvalue weighted by Gasteiger charge is -2.41. The molecule has 140 valence electrons. The SMILES string of the molecule is COC(=O)[C@H]1O[C@@H](c2cc(OC)c(C)c(OC)c2O)[C@H](C)[C@@H](O)[C@@H]1C. The van der Waals surface area contributed by atoms with Crippen molar-refractivity contribution in [1.82, 2.24) is 0 Å². The number of hydrogen-bond acceptors (Lipinski definition) is 7. The molecule has 0 amide bonds. The number of aliphatic hydroxyl groups excluding tert-OH is 1. The summed E-state index contributed by atoms with van der Waals surface area (Å²) in [5, 5.41) is 21.2. The first-order valence-corrected chi connectivity index (χ1v) is 8.14. The van der Waals surface area contributed by atoms with Crippen molar-refractivity contribution in [1.29, 1.82) is 0 Å². The number of phenolic OH excluding ortho intramolecular Hbond substituents is 1. The van der Waals surface area contributed by atoms with E-state index in [0.29, 0.717) is 16.9 Å². The maximum atomic E-state index is 12.0. The van der Waals surface area contributed by atoms with Crippen LogP contribution in [0.1, 0.15) is 31.1 Å². The molecule has 7 heteroatoms. The van der Waals surface area contributed by atoms with Crippen molar-refractivity contribution in [3.8, 4) is 17.2 Å². The molecule has 1 fully saturated rings. The van der Waals surface area contributed by atoms with Crippen molar-refractivity contribution in [2.75, 3.05) is 21.3 Å². The van der Waals surface area contributed by atoms with Crippen molar-refractivity contribution < 1.29 is 34.0 Å². The maximum Gasteiger partial charge on any atom is 0.335 e. The fourth-order valence-electron chi connectivity index (χ4n) is 3.40. The van der Waals surface area contributed by atoms with E-state index in [1.165, 1.54) is 21.3 Å². The number of ether oxygens (including phenoxy) is 4. The van der Waals surface area contributed by atoms with Gasteiger partial charge in [0.15, 0.2) is 17.6 Å². The lowest BCUT2D eigenvalue weighted by molar-refractivity contribution is -0.194. The molecule has 0 aliphatic carbocycles. The molecule has 1 aromatic carbocycles. The molecule has 1 aromatic rings. The predicted octanol–water partition coefficient (Wildman–Crippen LogP) is 1.96. The second-order valence-corrected chi connectivity index (χ2v) is 6.38. The van der Waals surface area contributed by atoms with Crippen LogP contribution in [-0.4, -0.2) is 49.7 Å². The summed E-state index contributed by atoms with van der Waals surface area (Å²) in [6.07, 6.45) is -2.46. The molecule has 0 saturated carbocycles. The third-order valence-electron chi connectivity index (χ3n) is 4.98. The first-order valence-electron chi connectivity index (χ1n) is 8.14. The largest absolute Gasteiger partial charge is 0.504 e. The van der Waals surface area contributed by atoms with E-state index in [0.717, 1.165) is 0 Å². The lowest BCUT2D eigenvalue weighted by Crippen LogP contribution is -2.49. The fourth-order valence-corrected chi connectivity index (χ4v) is 3.40. The Labute approximate surface area is 147 Å². The minimum Gasteiger partial charge on any atom is -0.504 e. The quantitative estimate of drug-likeness (QED) is 0.798. The molecule has 2 N–H and O–H groups in total. The average Bonchev–Trinajstić information content (AvgIpc) is 2.60. The second-order valence-electron chi connectivity index (χ2n) is 6.38. The third kappa shape index (κ3) is 3.26. The Hall–Kier alpha value is -1.99. The summed E-state index contributed by atoms with van der Waals surface area (Å²) in [6, 6.07) is 1.64. The van der Waals surface area contributed by atoms with E-state index in [4.69, 9.17) is 18.9 Å². The van der Waals surface area contributed by atoms with Crippen molar-refractivity contribution in [2.24, 2.45) is 11.8 Å². The summed E-state index contributed by atoms with van der Waals surface area (Å²) in [5.74, 6) is -0.665. The van der Waals surface area contributed by atoms with Crippen LogP contribution >= 0.6 is 0 Å². The molecule has 1 saturated heterocycles. The number of benzene rings is 1. The highest BCUT2D eigenvalue weighted by Crippen LogP contribution is 2.48. The number of phenols is 1. The topological polar surface area (TPSA) is 94.5 Å². The Morgan fingerprint density at radius 2 is 1.80 bits per heavy atom.